The van der Waals surface area contributed by atoms with Crippen molar-refractivity contribution in [1.82, 2.24) is 0 Å². The Labute approximate surface area is 174 Å². The van der Waals surface area contributed by atoms with Crippen molar-refractivity contribution < 1.29 is 32.6 Å². The Morgan fingerprint density at radius 2 is 1.90 bits per heavy atom. The smallest absolute Gasteiger partial charge is 0.302 e. The summed E-state index contributed by atoms with van der Waals surface area (Å²) in [7, 11) is -9.88. The van der Waals surface area contributed by atoms with Crippen molar-refractivity contribution in [3.8, 4) is 0 Å². The maximum atomic E-state index is 11.5. The molecule has 2 rings (SSSR count). The summed E-state index contributed by atoms with van der Waals surface area (Å²) in [5.41, 5.74) is 2.94. The summed E-state index contributed by atoms with van der Waals surface area (Å²) in [5, 5.41) is 0. The van der Waals surface area contributed by atoms with Crippen molar-refractivity contribution in [1.29, 1.82) is 0 Å². The third-order valence-electron chi connectivity index (χ3n) is 7.03. The molecule has 0 aromatic carbocycles. The fraction of sp³-hybridized carbons (Fsp3) is 0.800. The second-order valence-electron chi connectivity index (χ2n) is 9.58. The number of rotatable bonds is 8. The Morgan fingerprint density at radius 3 is 2.52 bits per heavy atom. The normalized spacial score (nSPS) is 32.5. The molecule has 0 amide bonds. The molecule has 7 nitrogen and oxygen atoms in total. The third-order valence-corrected chi connectivity index (χ3v) is 9.18. The van der Waals surface area contributed by atoms with Crippen LogP contribution >= 0.6 is 15.6 Å². The van der Waals surface area contributed by atoms with Gasteiger partial charge in [-0.2, -0.15) is 4.31 Å². The van der Waals surface area contributed by atoms with E-state index >= 15 is 0 Å². The predicted molar refractivity (Wildman–Crippen MR) is 113 cm³/mol. The van der Waals surface area contributed by atoms with E-state index in [1.807, 2.05) is 6.92 Å². The Morgan fingerprint density at radius 1 is 1.24 bits per heavy atom. The summed E-state index contributed by atoms with van der Waals surface area (Å²) in [6.07, 6.45) is 9.48. The van der Waals surface area contributed by atoms with Gasteiger partial charge in [-0.05, 0) is 68.1 Å². The van der Waals surface area contributed by atoms with Gasteiger partial charge in [-0.3, -0.25) is 4.52 Å². The van der Waals surface area contributed by atoms with E-state index in [1.54, 1.807) is 6.08 Å². The average Bonchev–Trinajstić information content (AvgIpc) is 2.50. The molecule has 0 spiro atoms. The summed E-state index contributed by atoms with van der Waals surface area (Å²) in [6, 6.07) is 0. The number of fused-ring (bicyclic) bond motifs is 1. The molecule has 2 saturated carbocycles. The van der Waals surface area contributed by atoms with E-state index in [0.29, 0.717) is 17.3 Å². The number of phosphoric ester groups is 1. The molecule has 2 fully saturated rings. The van der Waals surface area contributed by atoms with Gasteiger partial charge in [0.2, 0.25) is 0 Å². The Kier molecular flexibility index (Phi) is 7.83. The van der Waals surface area contributed by atoms with Crippen molar-refractivity contribution in [3.63, 3.8) is 0 Å². The second-order valence-corrected chi connectivity index (χ2v) is 12.4. The maximum Gasteiger partial charge on any atom is 0.481 e. The van der Waals surface area contributed by atoms with Crippen molar-refractivity contribution in [2.75, 3.05) is 6.61 Å². The van der Waals surface area contributed by atoms with Gasteiger partial charge in [0.1, 0.15) is 0 Å². The molecule has 0 bridgehead atoms. The van der Waals surface area contributed by atoms with Crippen molar-refractivity contribution in [3.05, 3.63) is 23.8 Å². The Balaban J connectivity index is 1.97. The standard InChI is InChI=1S/C20H36O7P2/c1-15(11-14-26-29(24,25)27-28(21,22)23)7-9-17-16(2)8-10-18-19(3,4)12-6-13-20(17,18)5/h11,17-18H,2,6-10,12-14H2,1,3-5H3,(H,24,25)(H2,21,22,23)/t17-,18-,20+/m0/s1. The Bertz CT molecular complexity index is 739. The second kappa shape index (κ2) is 9.08. The lowest BCUT2D eigenvalue weighted by molar-refractivity contribution is -0.0539. The van der Waals surface area contributed by atoms with Crippen LogP contribution in [0.4, 0.5) is 0 Å². The number of hydrogen-bond donors (Lipinski definition) is 3. The molecule has 4 atom stereocenters. The van der Waals surface area contributed by atoms with E-state index in [2.05, 4.69) is 36.2 Å². The largest absolute Gasteiger partial charge is 0.481 e. The fourth-order valence-corrected chi connectivity index (χ4v) is 7.24. The highest BCUT2D eigenvalue weighted by Gasteiger charge is 2.52. The van der Waals surface area contributed by atoms with E-state index in [1.165, 1.54) is 31.3 Å². The zero-order valence-corrected chi connectivity index (χ0v) is 19.8. The van der Waals surface area contributed by atoms with Gasteiger partial charge in [-0.15, -0.1) is 0 Å². The summed E-state index contributed by atoms with van der Waals surface area (Å²) in [6.45, 7) is 13.3. The molecule has 1 unspecified atom stereocenters. The third kappa shape index (κ3) is 6.61. The molecule has 0 heterocycles. The van der Waals surface area contributed by atoms with Gasteiger partial charge in [0.25, 0.3) is 0 Å². The van der Waals surface area contributed by atoms with Gasteiger partial charge in [0.05, 0.1) is 6.61 Å². The predicted octanol–water partition coefficient (Wildman–Crippen LogP) is 5.74. The van der Waals surface area contributed by atoms with Crippen LogP contribution < -0.4 is 0 Å². The van der Waals surface area contributed by atoms with Crippen LogP contribution in [0.3, 0.4) is 0 Å². The summed E-state index contributed by atoms with van der Waals surface area (Å²) in [5.74, 6) is 1.14. The van der Waals surface area contributed by atoms with Crippen molar-refractivity contribution in [2.45, 2.75) is 72.6 Å². The Hall–Kier alpha value is -0.260. The maximum absolute atomic E-state index is 11.5. The topological polar surface area (TPSA) is 113 Å². The molecule has 0 aliphatic heterocycles. The lowest BCUT2D eigenvalue weighted by Gasteiger charge is -2.58. The van der Waals surface area contributed by atoms with Gasteiger partial charge in [0, 0.05) is 0 Å². The van der Waals surface area contributed by atoms with Crippen LogP contribution in [0, 0.1) is 22.7 Å². The lowest BCUT2D eigenvalue weighted by Crippen LogP contribution is -2.49. The molecule has 0 aromatic rings. The lowest BCUT2D eigenvalue weighted by atomic mass is 9.47. The van der Waals surface area contributed by atoms with Gasteiger partial charge >= 0.3 is 15.6 Å². The van der Waals surface area contributed by atoms with Crippen LogP contribution in [0.25, 0.3) is 0 Å². The van der Waals surface area contributed by atoms with Gasteiger partial charge in [-0.1, -0.05) is 51.0 Å². The van der Waals surface area contributed by atoms with Crippen LogP contribution in [-0.2, 0) is 18.0 Å². The first-order chi connectivity index (χ1) is 13.2. The minimum Gasteiger partial charge on any atom is -0.302 e. The first kappa shape index (κ1) is 25.0. The number of phosphoric acid groups is 2. The van der Waals surface area contributed by atoms with Crippen LogP contribution in [0.1, 0.15) is 72.6 Å². The van der Waals surface area contributed by atoms with Gasteiger partial charge < -0.3 is 14.7 Å². The molecule has 2 aliphatic carbocycles. The number of hydrogen-bond acceptors (Lipinski definition) is 4. The van der Waals surface area contributed by atoms with Crippen LogP contribution in [-0.4, -0.2) is 21.3 Å². The molecule has 9 heteroatoms. The first-order valence-corrected chi connectivity index (χ1v) is 13.3. The molecule has 2 aliphatic rings. The SMILES string of the molecule is C=C1CC[C@H]2C(C)(C)CCC[C@]2(C)[C@H]1CCC(C)=CCOP(=O)(O)OP(=O)(O)O. The van der Waals surface area contributed by atoms with E-state index in [9.17, 15) is 14.0 Å². The first-order valence-electron chi connectivity index (χ1n) is 10.2. The molecule has 29 heavy (non-hydrogen) atoms. The van der Waals surface area contributed by atoms with E-state index in [0.717, 1.165) is 24.8 Å². The minimum absolute atomic E-state index is 0.252. The van der Waals surface area contributed by atoms with E-state index in [4.69, 9.17) is 9.79 Å². The minimum atomic E-state index is -5.09. The molecule has 168 valence electrons. The summed E-state index contributed by atoms with van der Waals surface area (Å²) < 4.78 is 30.6. The molecular weight excluding hydrogens is 414 g/mol. The highest BCUT2D eigenvalue weighted by molar-refractivity contribution is 7.60. The van der Waals surface area contributed by atoms with Crippen LogP contribution in [0.5, 0.6) is 0 Å². The fourth-order valence-electron chi connectivity index (χ4n) is 5.71. The van der Waals surface area contributed by atoms with Crippen LogP contribution in [0.2, 0.25) is 0 Å². The number of allylic oxidation sites excluding steroid dienone is 2. The molecule has 3 N–H and O–H groups in total. The van der Waals surface area contributed by atoms with Crippen LogP contribution in [0.15, 0.2) is 23.8 Å². The quantitative estimate of drug-likeness (QED) is 0.319. The molecule has 0 radical (unpaired) electrons. The zero-order valence-electron chi connectivity index (χ0n) is 18.0. The molecule has 0 saturated heterocycles. The monoisotopic (exact) mass is 450 g/mol. The highest BCUT2D eigenvalue weighted by Crippen LogP contribution is 2.62. The highest BCUT2D eigenvalue weighted by atomic mass is 31.3. The van der Waals surface area contributed by atoms with Gasteiger partial charge in [-0.25, -0.2) is 9.13 Å². The van der Waals surface area contributed by atoms with Gasteiger partial charge in [0.15, 0.2) is 0 Å². The van der Waals surface area contributed by atoms with E-state index in [-0.39, 0.29) is 12.0 Å². The van der Waals surface area contributed by atoms with Crippen molar-refractivity contribution in [2.24, 2.45) is 22.7 Å². The molecule has 0 aromatic heterocycles. The van der Waals surface area contributed by atoms with E-state index < -0.39 is 15.6 Å². The zero-order chi connectivity index (χ0) is 22.1. The summed E-state index contributed by atoms with van der Waals surface area (Å²) in [4.78, 5) is 26.6. The average molecular weight is 450 g/mol. The molecular formula is C20H36O7P2. The summed E-state index contributed by atoms with van der Waals surface area (Å²) >= 11 is 0. The van der Waals surface area contributed by atoms with Crippen molar-refractivity contribution >= 4 is 15.6 Å².